The number of nitrogens with zero attached hydrogens (tertiary/aromatic N) is 1. The fraction of sp³-hybridized carbons (Fsp3) is 0.600. The van der Waals surface area contributed by atoms with Gasteiger partial charge in [0.05, 0.1) is 0 Å². The van der Waals surface area contributed by atoms with E-state index in [0.29, 0.717) is 0 Å². The van der Waals surface area contributed by atoms with Crippen molar-refractivity contribution >= 4 is 11.6 Å². The summed E-state index contributed by atoms with van der Waals surface area (Å²) in [5, 5.41) is 4.22. The molecule has 100 valence electrons. The van der Waals surface area contributed by atoms with E-state index in [9.17, 15) is 0 Å². The number of hydrogen-bond acceptors (Lipinski definition) is 2. The summed E-state index contributed by atoms with van der Waals surface area (Å²) in [7, 11) is 4.26. The van der Waals surface area contributed by atoms with Gasteiger partial charge in [-0.2, -0.15) is 0 Å². The Morgan fingerprint density at radius 3 is 2.89 bits per heavy atom. The average molecular weight is 267 g/mol. The van der Waals surface area contributed by atoms with Crippen LogP contribution in [-0.4, -0.2) is 38.6 Å². The van der Waals surface area contributed by atoms with Gasteiger partial charge in [0.15, 0.2) is 0 Å². The van der Waals surface area contributed by atoms with Crippen LogP contribution in [-0.2, 0) is 5.41 Å². The highest BCUT2D eigenvalue weighted by molar-refractivity contribution is 6.30. The van der Waals surface area contributed by atoms with E-state index >= 15 is 0 Å². The van der Waals surface area contributed by atoms with Crippen molar-refractivity contribution in [1.29, 1.82) is 0 Å². The van der Waals surface area contributed by atoms with Gasteiger partial charge in [-0.25, -0.2) is 0 Å². The van der Waals surface area contributed by atoms with E-state index < -0.39 is 0 Å². The normalized spacial score (nSPS) is 25.9. The SMILES string of the molecule is CNCC1(c2cccc(Cl)c2)CCCN(C)CC1. The van der Waals surface area contributed by atoms with E-state index in [1.165, 1.54) is 31.4 Å². The summed E-state index contributed by atoms with van der Waals surface area (Å²) in [5.41, 5.74) is 1.63. The van der Waals surface area contributed by atoms with Gasteiger partial charge >= 0.3 is 0 Å². The number of likely N-dealkylation sites (N-methyl/N-ethyl adjacent to an activating group) is 1. The third-order valence-electron chi connectivity index (χ3n) is 4.12. The molecule has 1 N–H and O–H groups in total. The van der Waals surface area contributed by atoms with E-state index in [2.05, 4.69) is 35.5 Å². The van der Waals surface area contributed by atoms with E-state index in [1.807, 2.05) is 13.1 Å². The van der Waals surface area contributed by atoms with Gasteiger partial charge in [0, 0.05) is 17.0 Å². The molecule has 1 aliphatic rings. The molecule has 1 fully saturated rings. The fourth-order valence-corrected chi connectivity index (χ4v) is 3.24. The number of halogens is 1. The molecule has 1 atom stereocenters. The predicted molar refractivity (Wildman–Crippen MR) is 78.4 cm³/mol. The highest BCUT2D eigenvalue weighted by Gasteiger charge is 2.33. The molecule has 0 bridgehead atoms. The zero-order valence-corrected chi connectivity index (χ0v) is 12.1. The summed E-state index contributed by atoms with van der Waals surface area (Å²) < 4.78 is 0. The minimum Gasteiger partial charge on any atom is -0.319 e. The van der Waals surface area contributed by atoms with E-state index in [4.69, 9.17) is 11.6 Å². The third-order valence-corrected chi connectivity index (χ3v) is 4.35. The van der Waals surface area contributed by atoms with Crippen LogP contribution in [0.4, 0.5) is 0 Å². The molecule has 0 saturated carbocycles. The molecular formula is C15H23ClN2. The quantitative estimate of drug-likeness (QED) is 0.905. The highest BCUT2D eigenvalue weighted by Crippen LogP contribution is 2.35. The molecule has 0 aromatic heterocycles. The van der Waals surface area contributed by atoms with E-state index in [0.717, 1.165) is 18.1 Å². The van der Waals surface area contributed by atoms with Crippen LogP contribution in [0, 0.1) is 0 Å². The minimum absolute atomic E-state index is 0.240. The predicted octanol–water partition coefficient (Wildman–Crippen LogP) is 2.91. The van der Waals surface area contributed by atoms with E-state index in [-0.39, 0.29) is 5.41 Å². The first-order chi connectivity index (χ1) is 8.66. The van der Waals surface area contributed by atoms with Crippen molar-refractivity contribution in [3.63, 3.8) is 0 Å². The Kier molecular flexibility index (Phi) is 4.66. The summed E-state index contributed by atoms with van der Waals surface area (Å²) >= 11 is 6.16. The summed E-state index contributed by atoms with van der Waals surface area (Å²) in [6, 6.07) is 8.41. The molecule has 0 spiro atoms. The van der Waals surface area contributed by atoms with Crippen molar-refractivity contribution in [3.8, 4) is 0 Å². The Morgan fingerprint density at radius 1 is 1.33 bits per heavy atom. The maximum Gasteiger partial charge on any atom is 0.0408 e. The molecular weight excluding hydrogens is 244 g/mol. The first-order valence-corrected chi connectivity index (χ1v) is 7.13. The minimum atomic E-state index is 0.240. The number of benzene rings is 1. The molecule has 0 amide bonds. The summed E-state index contributed by atoms with van der Waals surface area (Å²) in [6.07, 6.45) is 3.69. The van der Waals surface area contributed by atoms with Crippen LogP contribution in [0.5, 0.6) is 0 Å². The van der Waals surface area contributed by atoms with Crippen molar-refractivity contribution in [2.75, 3.05) is 33.7 Å². The first kappa shape index (κ1) is 13.9. The van der Waals surface area contributed by atoms with Crippen molar-refractivity contribution in [2.24, 2.45) is 0 Å². The van der Waals surface area contributed by atoms with Gasteiger partial charge in [-0.05, 0) is 64.1 Å². The maximum atomic E-state index is 6.16. The van der Waals surface area contributed by atoms with Crippen molar-refractivity contribution in [3.05, 3.63) is 34.9 Å². The van der Waals surface area contributed by atoms with Crippen LogP contribution in [0.3, 0.4) is 0 Å². The smallest absolute Gasteiger partial charge is 0.0408 e. The third kappa shape index (κ3) is 3.05. The number of nitrogens with one attached hydrogen (secondary N) is 1. The topological polar surface area (TPSA) is 15.3 Å². The lowest BCUT2D eigenvalue weighted by atomic mass is 9.74. The lowest BCUT2D eigenvalue weighted by Crippen LogP contribution is -2.37. The average Bonchev–Trinajstić information content (AvgIpc) is 2.53. The molecule has 2 nitrogen and oxygen atoms in total. The van der Waals surface area contributed by atoms with Gasteiger partial charge in [0.1, 0.15) is 0 Å². The zero-order chi connectivity index (χ0) is 13.0. The van der Waals surface area contributed by atoms with Crippen molar-refractivity contribution < 1.29 is 0 Å². The van der Waals surface area contributed by atoms with Gasteiger partial charge in [-0.1, -0.05) is 23.7 Å². The zero-order valence-electron chi connectivity index (χ0n) is 11.4. The second kappa shape index (κ2) is 6.05. The molecule has 1 aromatic carbocycles. The highest BCUT2D eigenvalue weighted by atomic mass is 35.5. The number of hydrogen-bond donors (Lipinski definition) is 1. The molecule has 1 aliphatic heterocycles. The number of likely N-dealkylation sites (tertiary alicyclic amines) is 1. The van der Waals surface area contributed by atoms with Crippen LogP contribution in [0.15, 0.2) is 24.3 Å². The van der Waals surface area contributed by atoms with Crippen LogP contribution in [0.2, 0.25) is 5.02 Å². The standard InChI is InChI=1S/C15H23ClN2/c1-17-12-15(7-4-9-18(2)10-8-15)13-5-3-6-14(16)11-13/h3,5-6,11,17H,4,7-10,12H2,1-2H3. The monoisotopic (exact) mass is 266 g/mol. The molecule has 2 rings (SSSR count). The van der Waals surface area contributed by atoms with Crippen LogP contribution < -0.4 is 5.32 Å². The lowest BCUT2D eigenvalue weighted by molar-refractivity contribution is 0.322. The molecule has 3 heteroatoms. The summed E-state index contributed by atoms with van der Waals surface area (Å²) in [5.74, 6) is 0. The lowest BCUT2D eigenvalue weighted by Gasteiger charge is -2.33. The number of rotatable bonds is 3. The Morgan fingerprint density at radius 2 is 2.17 bits per heavy atom. The Hall–Kier alpha value is -0.570. The van der Waals surface area contributed by atoms with Crippen LogP contribution in [0.1, 0.15) is 24.8 Å². The second-order valence-corrected chi connectivity index (χ2v) is 5.91. The summed E-state index contributed by atoms with van der Waals surface area (Å²) in [6.45, 7) is 3.39. The fourth-order valence-electron chi connectivity index (χ4n) is 3.05. The molecule has 1 unspecified atom stereocenters. The summed E-state index contributed by atoms with van der Waals surface area (Å²) in [4.78, 5) is 2.43. The Labute approximate surface area is 115 Å². The second-order valence-electron chi connectivity index (χ2n) is 5.48. The van der Waals surface area contributed by atoms with Gasteiger partial charge in [0.25, 0.3) is 0 Å². The molecule has 0 radical (unpaired) electrons. The van der Waals surface area contributed by atoms with Gasteiger partial charge in [-0.15, -0.1) is 0 Å². The molecule has 1 aromatic rings. The molecule has 1 saturated heterocycles. The van der Waals surface area contributed by atoms with Gasteiger partial charge in [0.2, 0.25) is 0 Å². The Bertz CT molecular complexity index is 394. The van der Waals surface area contributed by atoms with Crippen LogP contribution >= 0.6 is 11.6 Å². The molecule has 1 heterocycles. The first-order valence-electron chi connectivity index (χ1n) is 6.75. The van der Waals surface area contributed by atoms with Crippen LogP contribution in [0.25, 0.3) is 0 Å². The van der Waals surface area contributed by atoms with Gasteiger partial charge in [-0.3, -0.25) is 0 Å². The molecule has 18 heavy (non-hydrogen) atoms. The maximum absolute atomic E-state index is 6.16. The molecule has 0 aliphatic carbocycles. The van der Waals surface area contributed by atoms with Crippen molar-refractivity contribution in [1.82, 2.24) is 10.2 Å². The van der Waals surface area contributed by atoms with E-state index in [1.54, 1.807) is 0 Å². The van der Waals surface area contributed by atoms with Gasteiger partial charge < -0.3 is 10.2 Å². The largest absolute Gasteiger partial charge is 0.319 e. The van der Waals surface area contributed by atoms with Crippen molar-refractivity contribution in [2.45, 2.75) is 24.7 Å². The Balaban J connectivity index is 2.30.